The van der Waals surface area contributed by atoms with Crippen molar-refractivity contribution < 1.29 is 4.79 Å². The molecule has 2 N–H and O–H groups in total. The monoisotopic (exact) mass is 209 g/mol. The minimum absolute atomic E-state index is 0.131. The number of carbonyl (C=O) groups excluding carboxylic acids is 1. The summed E-state index contributed by atoms with van der Waals surface area (Å²) in [5, 5.41) is 0. The van der Waals surface area contributed by atoms with E-state index < -0.39 is 0 Å². The molecule has 3 heteroatoms. The molecule has 1 aromatic carbocycles. The molecule has 1 rings (SSSR count). The van der Waals surface area contributed by atoms with Crippen LogP contribution in [0, 0.1) is 0 Å². The van der Waals surface area contributed by atoms with Gasteiger partial charge < -0.3 is 5.73 Å². The Hall–Kier alpha value is -0.800. The van der Waals surface area contributed by atoms with Gasteiger partial charge in [0.1, 0.15) is 5.78 Å². The van der Waals surface area contributed by atoms with Gasteiger partial charge in [0.2, 0.25) is 0 Å². The summed E-state index contributed by atoms with van der Waals surface area (Å²) >= 11 is 1.70. The van der Waals surface area contributed by atoms with Crippen LogP contribution >= 0.6 is 11.8 Å². The predicted octanol–water partition coefficient (Wildman–Crippen LogP) is 2.39. The number of benzene rings is 1. The largest absolute Gasteiger partial charge is 0.324 e. The molecule has 0 radical (unpaired) electrons. The van der Waals surface area contributed by atoms with Gasteiger partial charge in [-0.2, -0.15) is 0 Å². The molecule has 0 aliphatic carbocycles. The van der Waals surface area contributed by atoms with Crippen LogP contribution in [0.5, 0.6) is 0 Å². The summed E-state index contributed by atoms with van der Waals surface area (Å²) in [6, 6.07) is 7.86. The molecule has 0 aliphatic rings. The summed E-state index contributed by atoms with van der Waals surface area (Å²) in [6.45, 7) is 1.57. The zero-order valence-corrected chi connectivity index (χ0v) is 9.30. The Bertz CT molecular complexity index is 308. The van der Waals surface area contributed by atoms with Crippen molar-refractivity contribution in [2.45, 2.75) is 24.3 Å². The van der Waals surface area contributed by atoms with E-state index in [0.717, 1.165) is 5.56 Å². The molecule has 1 unspecified atom stereocenters. The molecule has 0 aromatic heterocycles. The van der Waals surface area contributed by atoms with Crippen LogP contribution in [0.15, 0.2) is 29.2 Å². The highest BCUT2D eigenvalue weighted by Crippen LogP contribution is 2.19. The molecule has 0 fully saturated rings. The lowest BCUT2D eigenvalue weighted by Gasteiger charge is -2.10. The first-order valence-corrected chi connectivity index (χ1v) is 5.75. The van der Waals surface area contributed by atoms with Gasteiger partial charge in [-0.3, -0.25) is 4.79 Å². The molecule has 1 aromatic rings. The molecule has 0 aliphatic heterocycles. The van der Waals surface area contributed by atoms with E-state index in [1.165, 1.54) is 4.90 Å². The van der Waals surface area contributed by atoms with Crippen LogP contribution < -0.4 is 5.73 Å². The van der Waals surface area contributed by atoms with Crippen molar-refractivity contribution in [3.05, 3.63) is 29.8 Å². The zero-order chi connectivity index (χ0) is 10.6. The Balaban J connectivity index is 2.71. The molecule has 1 atom stereocenters. The van der Waals surface area contributed by atoms with Crippen LogP contribution in [0.25, 0.3) is 0 Å². The highest BCUT2D eigenvalue weighted by atomic mass is 32.2. The Kier molecular flexibility index (Phi) is 4.17. The summed E-state index contributed by atoms with van der Waals surface area (Å²) < 4.78 is 0. The molecule has 0 spiro atoms. The Labute approximate surface area is 88.9 Å². The van der Waals surface area contributed by atoms with Gasteiger partial charge in [0.05, 0.1) is 0 Å². The molecule has 0 heterocycles. The fourth-order valence-electron chi connectivity index (χ4n) is 1.28. The molecule has 76 valence electrons. The van der Waals surface area contributed by atoms with Gasteiger partial charge >= 0.3 is 0 Å². The molecule has 0 bridgehead atoms. The maximum Gasteiger partial charge on any atom is 0.131 e. The molecular formula is C11H15NOS. The molecule has 2 nitrogen and oxygen atoms in total. The van der Waals surface area contributed by atoms with Gasteiger partial charge in [0.15, 0.2) is 0 Å². The van der Waals surface area contributed by atoms with Crippen LogP contribution in [0.1, 0.15) is 24.9 Å². The summed E-state index contributed by atoms with van der Waals surface area (Å²) in [5.74, 6) is 0.131. The normalized spacial score (nSPS) is 12.5. The highest BCUT2D eigenvalue weighted by Gasteiger charge is 2.07. The number of nitrogens with two attached hydrogens (primary N) is 1. The van der Waals surface area contributed by atoms with Crippen molar-refractivity contribution in [2.24, 2.45) is 5.73 Å². The Morgan fingerprint density at radius 3 is 2.43 bits per heavy atom. The highest BCUT2D eigenvalue weighted by molar-refractivity contribution is 7.98. The number of Topliss-reactive ketones (excluding diaryl/α,β-unsaturated/α-hetero) is 1. The van der Waals surface area contributed by atoms with E-state index in [4.69, 9.17) is 5.73 Å². The van der Waals surface area contributed by atoms with E-state index in [9.17, 15) is 4.79 Å². The maximum atomic E-state index is 10.9. The summed E-state index contributed by atoms with van der Waals surface area (Å²) in [4.78, 5) is 12.1. The fourth-order valence-corrected chi connectivity index (χ4v) is 1.69. The second-order valence-corrected chi connectivity index (χ2v) is 4.17. The van der Waals surface area contributed by atoms with E-state index in [0.29, 0.717) is 6.42 Å². The van der Waals surface area contributed by atoms with Crippen LogP contribution in [-0.2, 0) is 4.79 Å². The van der Waals surface area contributed by atoms with Crippen molar-refractivity contribution in [2.75, 3.05) is 6.26 Å². The van der Waals surface area contributed by atoms with E-state index >= 15 is 0 Å². The number of hydrogen-bond donors (Lipinski definition) is 1. The Morgan fingerprint density at radius 1 is 1.43 bits per heavy atom. The van der Waals surface area contributed by atoms with Crippen molar-refractivity contribution in [1.29, 1.82) is 0 Å². The molecule has 0 saturated heterocycles. The minimum atomic E-state index is -0.164. The number of carbonyl (C=O) groups is 1. The van der Waals surface area contributed by atoms with E-state index in [1.807, 2.05) is 30.5 Å². The average molecular weight is 209 g/mol. The third kappa shape index (κ3) is 3.16. The molecule has 0 saturated carbocycles. The molecule has 14 heavy (non-hydrogen) atoms. The van der Waals surface area contributed by atoms with E-state index in [2.05, 4.69) is 0 Å². The van der Waals surface area contributed by atoms with E-state index in [-0.39, 0.29) is 11.8 Å². The quantitative estimate of drug-likeness (QED) is 0.774. The van der Waals surface area contributed by atoms with Gasteiger partial charge in [-0.25, -0.2) is 0 Å². The number of rotatable bonds is 4. The van der Waals surface area contributed by atoms with Gasteiger partial charge in [-0.15, -0.1) is 11.8 Å². The van der Waals surface area contributed by atoms with Gasteiger partial charge in [-0.1, -0.05) is 12.1 Å². The van der Waals surface area contributed by atoms with Crippen molar-refractivity contribution in [3.63, 3.8) is 0 Å². The minimum Gasteiger partial charge on any atom is -0.324 e. The lowest BCUT2D eigenvalue weighted by molar-refractivity contribution is -0.117. The second kappa shape index (κ2) is 5.17. The van der Waals surface area contributed by atoms with Crippen LogP contribution in [-0.4, -0.2) is 12.0 Å². The first-order valence-electron chi connectivity index (χ1n) is 4.52. The standard InChI is InChI=1S/C11H15NOS/c1-8(13)7-11(12)9-3-5-10(14-2)6-4-9/h3-6,11H,7,12H2,1-2H3. The first-order chi connectivity index (χ1) is 6.63. The van der Waals surface area contributed by atoms with Crippen molar-refractivity contribution in [1.82, 2.24) is 0 Å². The number of ketones is 1. The third-order valence-corrected chi connectivity index (χ3v) is 2.79. The first kappa shape index (κ1) is 11.3. The third-order valence-electron chi connectivity index (χ3n) is 2.05. The average Bonchev–Trinajstić information content (AvgIpc) is 2.17. The van der Waals surface area contributed by atoms with Crippen LogP contribution in [0.2, 0.25) is 0 Å². The van der Waals surface area contributed by atoms with Gasteiger partial charge in [-0.05, 0) is 30.9 Å². The molecule has 0 amide bonds. The topological polar surface area (TPSA) is 43.1 Å². The summed E-state index contributed by atoms with van der Waals surface area (Å²) in [7, 11) is 0. The number of thioether (sulfide) groups is 1. The van der Waals surface area contributed by atoms with E-state index in [1.54, 1.807) is 18.7 Å². The lowest BCUT2D eigenvalue weighted by atomic mass is 10.0. The van der Waals surface area contributed by atoms with Crippen LogP contribution in [0.4, 0.5) is 0 Å². The predicted molar refractivity (Wildman–Crippen MR) is 60.4 cm³/mol. The zero-order valence-electron chi connectivity index (χ0n) is 8.49. The number of hydrogen-bond acceptors (Lipinski definition) is 3. The molecular weight excluding hydrogens is 194 g/mol. The van der Waals surface area contributed by atoms with Gasteiger partial charge in [0.25, 0.3) is 0 Å². The second-order valence-electron chi connectivity index (χ2n) is 3.29. The lowest BCUT2D eigenvalue weighted by Crippen LogP contribution is -2.13. The van der Waals surface area contributed by atoms with Crippen molar-refractivity contribution >= 4 is 17.5 Å². The fraction of sp³-hybridized carbons (Fsp3) is 0.364. The Morgan fingerprint density at radius 2 is 2.00 bits per heavy atom. The SMILES string of the molecule is CSc1ccc(C(N)CC(C)=O)cc1. The summed E-state index contributed by atoms with van der Waals surface area (Å²) in [5.41, 5.74) is 6.89. The van der Waals surface area contributed by atoms with Gasteiger partial charge in [0, 0.05) is 17.4 Å². The smallest absolute Gasteiger partial charge is 0.131 e. The van der Waals surface area contributed by atoms with Crippen molar-refractivity contribution in [3.8, 4) is 0 Å². The maximum absolute atomic E-state index is 10.9. The summed E-state index contributed by atoms with van der Waals surface area (Å²) in [6.07, 6.45) is 2.45. The van der Waals surface area contributed by atoms with Crippen LogP contribution in [0.3, 0.4) is 0 Å².